The summed E-state index contributed by atoms with van der Waals surface area (Å²) in [4.78, 5) is 30.5. The van der Waals surface area contributed by atoms with Crippen molar-refractivity contribution in [2.45, 2.75) is 25.3 Å². The minimum Gasteiger partial charge on any atom is -0.481 e. The van der Waals surface area contributed by atoms with Crippen LogP contribution in [0.25, 0.3) is 0 Å². The molecule has 1 atom stereocenters. The van der Waals surface area contributed by atoms with Crippen LogP contribution in [0, 0.1) is 0 Å². The molecule has 0 spiro atoms. The maximum Gasteiger partial charge on any atom is 0.320 e. The molecule has 2 rings (SSSR count). The van der Waals surface area contributed by atoms with E-state index in [-0.39, 0.29) is 12.5 Å². The smallest absolute Gasteiger partial charge is 0.320 e. The molecule has 1 unspecified atom stereocenters. The van der Waals surface area contributed by atoms with Crippen LogP contribution in [0.1, 0.15) is 18.4 Å². The van der Waals surface area contributed by atoms with Gasteiger partial charge >= 0.3 is 12.0 Å². The van der Waals surface area contributed by atoms with Gasteiger partial charge in [0.05, 0.1) is 0 Å². The summed E-state index contributed by atoms with van der Waals surface area (Å²) in [7, 11) is 0. The molecule has 7 nitrogen and oxygen atoms in total. The third-order valence-corrected chi connectivity index (χ3v) is 3.19. The first-order valence-corrected chi connectivity index (χ1v) is 7.23. The van der Waals surface area contributed by atoms with Crippen molar-refractivity contribution in [3.05, 3.63) is 54.5 Å². The number of amides is 2. The van der Waals surface area contributed by atoms with Gasteiger partial charge in [0, 0.05) is 18.7 Å². The van der Waals surface area contributed by atoms with E-state index >= 15 is 0 Å². The highest BCUT2D eigenvalue weighted by atomic mass is 16.4. The SMILES string of the molecule is O=C(O)CCC(Cc1ccccc1)NC(=O)Nc1ccncn1. The van der Waals surface area contributed by atoms with E-state index in [2.05, 4.69) is 20.6 Å². The van der Waals surface area contributed by atoms with E-state index in [9.17, 15) is 9.59 Å². The molecule has 1 aromatic carbocycles. The Balaban J connectivity index is 1.95. The van der Waals surface area contributed by atoms with Crippen LogP contribution in [-0.4, -0.2) is 33.1 Å². The Bertz CT molecular complexity index is 634. The lowest BCUT2D eigenvalue weighted by Gasteiger charge is -2.18. The van der Waals surface area contributed by atoms with Crippen LogP contribution in [0.2, 0.25) is 0 Å². The number of nitrogens with zero attached hydrogens (tertiary/aromatic N) is 2. The quantitative estimate of drug-likeness (QED) is 0.726. The highest BCUT2D eigenvalue weighted by Crippen LogP contribution is 2.08. The third kappa shape index (κ3) is 6.13. The van der Waals surface area contributed by atoms with Crippen molar-refractivity contribution in [1.29, 1.82) is 0 Å². The number of aromatic nitrogens is 2. The Hall–Kier alpha value is -2.96. The van der Waals surface area contributed by atoms with Crippen LogP contribution >= 0.6 is 0 Å². The van der Waals surface area contributed by atoms with Gasteiger partial charge in [-0.15, -0.1) is 0 Å². The molecular weight excluding hydrogens is 296 g/mol. The number of benzene rings is 1. The molecule has 2 aromatic rings. The molecule has 120 valence electrons. The number of nitrogens with one attached hydrogen (secondary N) is 2. The number of carbonyl (C=O) groups is 2. The predicted octanol–water partition coefficient (Wildman–Crippen LogP) is 2.07. The summed E-state index contributed by atoms with van der Waals surface area (Å²) in [6.45, 7) is 0. The zero-order valence-electron chi connectivity index (χ0n) is 12.5. The number of carboxylic acids is 1. The van der Waals surface area contributed by atoms with Crippen LogP contribution in [0.3, 0.4) is 0 Å². The zero-order valence-corrected chi connectivity index (χ0v) is 12.5. The summed E-state index contributed by atoms with van der Waals surface area (Å²) in [5, 5.41) is 14.2. The van der Waals surface area contributed by atoms with Crippen molar-refractivity contribution in [1.82, 2.24) is 15.3 Å². The largest absolute Gasteiger partial charge is 0.481 e. The number of hydrogen-bond donors (Lipinski definition) is 3. The minimum absolute atomic E-state index is 0.00864. The first-order chi connectivity index (χ1) is 11.1. The van der Waals surface area contributed by atoms with Gasteiger partial charge in [-0.25, -0.2) is 14.8 Å². The predicted molar refractivity (Wildman–Crippen MR) is 85.0 cm³/mol. The van der Waals surface area contributed by atoms with E-state index in [0.29, 0.717) is 18.7 Å². The Morgan fingerprint density at radius 1 is 1.17 bits per heavy atom. The second-order valence-corrected chi connectivity index (χ2v) is 5.01. The fourth-order valence-electron chi connectivity index (χ4n) is 2.12. The number of rotatable bonds is 7. The molecule has 1 aromatic heterocycles. The van der Waals surface area contributed by atoms with Gasteiger partial charge in [0.1, 0.15) is 12.1 Å². The lowest BCUT2D eigenvalue weighted by Crippen LogP contribution is -2.39. The van der Waals surface area contributed by atoms with E-state index < -0.39 is 12.0 Å². The van der Waals surface area contributed by atoms with Crippen molar-refractivity contribution < 1.29 is 14.7 Å². The van der Waals surface area contributed by atoms with Crippen molar-refractivity contribution in [2.24, 2.45) is 0 Å². The van der Waals surface area contributed by atoms with Gasteiger partial charge in [0.25, 0.3) is 0 Å². The summed E-state index contributed by atoms with van der Waals surface area (Å²) >= 11 is 0. The lowest BCUT2D eigenvalue weighted by atomic mass is 10.0. The van der Waals surface area contributed by atoms with Crippen LogP contribution in [0.5, 0.6) is 0 Å². The van der Waals surface area contributed by atoms with E-state index in [4.69, 9.17) is 5.11 Å². The molecule has 1 heterocycles. The Morgan fingerprint density at radius 3 is 2.61 bits per heavy atom. The Labute approximate surface area is 133 Å². The number of carboxylic acid groups (broad SMARTS) is 1. The number of hydrogen-bond acceptors (Lipinski definition) is 4. The molecule has 0 saturated heterocycles. The fraction of sp³-hybridized carbons (Fsp3) is 0.250. The molecule has 0 bridgehead atoms. The Morgan fingerprint density at radius 2 is 1.96 bits per heavy atom. The van der Waals surface area contributed by atoms with E-state index in [0.717, 1.165) is 5.56 Å². The standard InChI is InChI=1S/C16H18N4O3/c21-15(22)7-6-13(10-12-4-2-1-3-5-12)19-16(23)20-14-8-9-17-11-18-14/h1-5,8-9,11,13H,6-7,10H2,(H,21,22)(H2,17,18,19,20,23). The highest BCUT2D eigenvalue weighted by molar-refractivity contribution is 5.88. The summed E-state index contributed by atoms with van der Waals surface area (Å²) in [6, 6.07) is 10.5. The van der Waals surface area contributed by atoms with Crippen molar-refractivity contribution in [2.75, 3.05) is 5.32 Å². The van der Waals surface area contributed by atoms with Crippen molar-refractivity contribution in [3.63, 3.8) is 0 Å². The van der Waals surface area contributed by atoms with Crippen LogP contribution in [-0.2, 0) is 11.2 Å². The van der Waals surface area contributed by atoms with Gasteiger partial charge in [0.2, 0.25) is 0 Å². The normalized spacial score (nSPS) is 11.5. The molecule has 0 saturated carbocycles. The molecule has 3 N–H and O–H groups in total. The van der Waals surface area contributed by atoms with Gasteiger partial charge in [-0.05, 0) is 24.5 Å². The molecule has 23 heavy (non-hydrogen) atoms. The minimum atomic E-state index is -0.888. The molecule has 2 amide bonds. The van der Waals surface area contributed by atoms with Gasteiger partial charge in [-0.1, -0.05) is 30.3 Å². The molecule has 0 radical (unpaired) electrons. The highest BCUT2D eigenvalue weighted by Gasteiger charge is 2.15. The number of aliphatic carboxylic acids is 1. The summed E-state index contributed by atoms with van der Waals surface area (Å²) in [6.07, 6.45) is 3.76. The zero-order chi connectivity index (χ0) is 16.5. The molecule has 0 aliphatic heterocycles. The first-order valence-electron chi connectivity index (χ1n) is 7.23. The average molecular weight is 314 g/mol. The lowest BCUT2D eigenvalue weighted by molar-refractivity contribution is -0.137. The average Bonchev–Trinajstić information content (AvgIpc) is 2.54. The van der Waals surface area contributed by atoms with Crippen LogP contribution in [0.4, 0.5) is 10.6 Å². The third-order valence-electron chi connectivity index (χ3n) is 3.19. The molecule has 0 aliphatic carbocycles. The molecule has 0 fully saturated rings. The molecular formula is C16H18N4O3. The van der Waals surface area contributed by atoms with Gasteiger partial charge < -0.3 is 10.4 Å². The number of carbonyl (C=O) groups excluding carboxylic acids is 1. The molecule has 0 aliphatic rings. The van der Waals surface area contributed by atoms with Gasteiger partial charge in [-0.3, -0.25) is 10.1 Å². The molecule has 7 heteroatoms. The summed E-state index contributed by atoms with van der Waals surface area (Å²) < 4.78 is 0. The summed E-state index contributed by atoms with van der Waals surface area (Å²) in [5.41, 5.74) is 1.03. The van der Waals surface area contributed by atoms with E-state index in [1.54, 1.807) is 6.07 Å². The maximum atomic E-state index is 12.0. The summed E-state index contributed by atoms with van der Waals surface area (Å²) in [5.74, 6) is -0.504. The second-order valence-electron chi connectivity index (χ2n) is 5.01. The van der Waals surface area contributed by atoms with Crippen molar-refractivity contribution in [3.8, 4) is 0 Å². The van der Waals surface area contributed by atoms with E-state index in [1.165, 1.54) is 12.5 Å². The van der Waals surface area contributed by atoms with Gasteiger partial charge in [-0.2, -0.15) is 0 Å². The maximum absolute atomic E-state index is 12.0. The Kier molecular flexibility index (Phi) is 6.05. The first kappa shape index (κ1) is 16.4. The monoisotopic (exact) mass is 314 g/mol. The number of anilines is 1. The van der Waals surface area contributed by atoms with Crippen LogP contribution < -0.4 is 10.6 Å². The van der Waals surface area contributed by atoms with Crippen LogP contribution in [0.15, 0.2) is 48.9 Å². The van der Waals surface area contributed by atoms with E-state index in [1.807, 2.05) is 30.3 Å². The number of urea groups is 1. The second kappa shape index (κ2) is 8.47. The fourth-order valence-corrected chi connectivity index (χ4v) is 2.12. The van der Waals surface area contributed by atoms with Crippen molar-refractivity contribution >= 4 is 17.8 Å². The van der Waals surface area contributed by atoms with Gasteiger partial charge in [0.15, 0.2) is 0 Å². The topological polar surface area (TPSA) is 104 Å².